The number of unbranched alkanes of at least 4 members (excludes halogenated alkanes) is 3. The van der Waals surface area contributed by atoms with Gasteiger partial charge in [0.15, 0.2) is 0 Å². The molecule has 0 aromatic carbocycles. The Bertz CT molecular complexity index is 287. The minimum atomic E-state index is -0.234. The lowest BCUT2D eigenvalue weighted by Crippen LogP contribution is -2.14. The van der Waals surface area contributed by atoms with Crippen LogP contribution in [0.1, 0.15) is 46.0 Å². The van der Waals surface area contributed by atoms with E-state index in [1.165, 1.54) is 19.3 Å². The fourth-order valence-corrected chi connectivity index (χ4v) is 2.00. The Hall–Kier alpha value is -0.730. The fourth-order valence-electron chi connectivity index (χ4n) is 2.00. The lowest BCUT2D eigenvalue weighted by Gasteiger charge is -2.08. The van der Waals surface area contributed by atoms with E-state index in [-0.39, 0.29) is 12.4 Å². The molecule has 0 saturated carbocycles. The van der Waals surface area contributed by atoms with Crippen molar-refractivity contribution in [1.82, 2.24) is 0 Å². The highest BCUT2D eigenvalue weighted by atomic mass is 16.6. The molecule has 26 heavy (non-hydrogen) atoms. The zero-order valence-electron chi connectivity index (χ0n) is 16.7. The zero-order chi connectivity index (χ0) is 19.1. The Kier molecular flexibility index (Phi) is 21.7. The Morgan fingerprint density at radius 1 is 0.577 bits per heavy atom. The largest absolute Gasteiger partial charge is 0.466 e. The van der Waals surface area contributed by atoms with Crippen molar-refractivity contribution < 1.29 is 33.2 Å². The molecule has 0 aliphatic heterocycles. The molecule has 7 nitrogen and oxygen atoms in total. The summed E-state index contributed by atoms with van der Waals surface area (Å²) in [6.07, 6.45) is 5.18. The second kappa shape index (κ2) is 22.3. The highest BCUT2D eigenvalue weighted by Gasteiger charge is 2.00. The highest BCUT2D eigenvalue weighted by Crippen LogP contribution is 1.98. The van der Waals surface area contributed by atoms with Gasteiger partial charge in [0.2, 0.25) is 0 Å². The van der Waals surface area contributed by atoms with Gasteiger partial charge in [0.25, 0.3) is 0 Å². The lowest BCUT2D eigenvalue weighted by atomic mass is 10.2. The van der Waals surface area contributed by atoms with Gasteiger partial charge in [0.1, 0.15) is 0 Å². The van der Waals surface area contributed by atoms with Crippen LogP contribution in [0.15, 0.2) is 0 Å². The van der Waals surface area contributed by atoms with Gasteiger partial charge in [-0.2, -0.15) is 0 Å². The molecular formula is C19H38O7. The fraction of sp³-hybridized carbons (Fsp3) is 0.947. The van der Waals surface area contributed by atoms with E-state index in [4.69, 9.17) is 28.4 Å². The summed E-state index contributed by atoms with van der Waals surface area (Å²) < 4.78 is 31.7. The lowest BCUT2D eigenvalue weighted by molar-refractivity contribution is -0.144. The van der Waals surface area contributed by atoms with Crippen LogP contribution in [0.2, 0.25) is 0 Å². The van der Waals surface area contributed by atoms with Crippen LogP contribution in [0.3, 0.4) is 0 Å². The molecule has 0 bridgehead atoms. The number of hydrogen-bond acceptors (Lipinski definition) is 7. The number of esters is 1. The first kappa shape index (κ1) is 25.3. The third-order valence-corrected chi connectivity index (χ3v) is 3.39. The van der Waals surface area contributed by atoms with E-state index in [2.05, 4.69) is 6.92 Å². The second-order valence-electron chi connectivity index (χ2n) is 5.68. The molecule has 0 fully saturated rings. The molecule has 0 aliphatic carbocycles. The molecule has 0 saturated heterocycles. The van der Waals surface area contributed by atoms with Crippen LogP contribution >= 0.6 is 0 Å². The van der Waals surface area contributed by atoms with Gasteiger partial charge < -0.3 is 28.4 Å². The van der Waals surface area contributed by atoms with E-state index < -0.39 is 0 Å². The van der Waals surface area contributed by atoms with Crippen LogP contribution < -0.4 is 0 Å². The summed E-state index contributed by atoms with van der Waals surface area (Å²) in [4.78, 5) is 11.1. The summed E-state index contributed by atoms with van der Waals surface area (Å²) in [6, 6.07) is 0. The van der Waals surface area contributed by atoms with Gasteiger partial charge in [0, 0.05) is 6.61 Å². The van der Waals surface area contributed by atoms with E-state index in [1.807, 2.05) is 0 Å². The van der Waals surface area contributed by atoms with Crippen molar-refractivity contribution in [2.75, 3.05) is 72.7 Å². The maximum Gasteiger partial charge on any atom is 0.308 e. The molecule has 0 aromatic heterocycles. The van der Waals surface area contributed by atoms with Crippen molar-refractivity contribution in [2.24, 2.45) is 0 Å². The molecule has 0 N–H and O–H groups in total. The molecule has 7 heteroatoms. The molecule has 0 aliphatic rings. The zero-order valence-corrected chi connectivity index (χ0v) is 16.7. The van der Waals surface area contributed by atoms with Crippen LogP contribution in [0.25, 0.3) is 0 Å². The van der Waals surface area contributed by atoms with Gasteiger partial charge >= 0.3 is 5.97 Å². The first-order valence-electron chi connectivity index (χ1n) is 9.85. The number of carbonyl (C=O) groups is 1. The summed E-state index contributed by atoms with van der Waals surface area (Å²) >= 11 is 0. The smallest absolute Gasteiger partial charge is 0.308 e. The van der Waals surface area contributed by atoms with Crippen molar-refractivity contribution in [3.8, 4) is 0 Å². The standard InChI is InChI=1S/C19H38O7/c1-3-5-6-7-9-21-11-13-23-15-17-25-18-16-24-14-12-22-10-8-19(20)26-4-2/h3-18H2,1-2H3. The molecule has 0 heterocycles. The Morgan fingerprint density at radius 2 is 1.04 bits per heavy atom. The van der Waals surface area contributed by atoms with Gasteiger partial charge in [-0.05, 0) is 13.3 Å². The van der Waals surface area contributed by atoms with Crippen molar-refractivity contribution in [3.05, 3.63) is 0 Å². The maximum atomic E-state index is 11.1. The minimum Gasteiger partial charge on any atom is -0.466 e. The van der Waals surface area contributed by atoms with Crippen LogP contribution in [-0.2, 0) is 33.2 Å². The average Bonchev–Trinajstić information content (AvgIpc) is 2.64. The molecule has 0 rings (SSSR count). The predicted octanol–water partition coefficient (Wildman–Crippen LogP) is 2.60. The van der Waals surface area contributed by atoms with Crippen molar-refractivity contribution in [3.63, 3.8) is 0 Å². The second-order valence-corrected chi connectivity index (χ2v) is 5.68. The number of rotatable bonds is 21. The molecule has 0 atom stereocenters. The molecule has 0 unspecified atom stereocenters. The van der Waals surface area contributed by atoms with Gasteiger partial charge in [-0.25, -0.2) is 0 Å². The molecule has 0 radical (unpaired) electrons. The number of ether oxygens (including phenoxy) is 6. The Morgan fingerprint density at radius 3 is 1.50 bits per heavy atom. The summed E-state index contributed by atoms with van der Waals surface area (Å²) in [5.41, 5.74) is 0. The highest BCUT2D eigenvalue weighted by molar-refractivity contribution is 5.69. The maximum absolute atomic E-state index is 11.1. The van der Waals surface area contributed by atoms with Crippen LogP contribution in [0.5, 0.6) is 0 Å². The van der Waals surface area contributed by atoms with E-state index in [1.54, 1.807) is 6.92 Å². The van der Waals surface area contributed by atoms with Crippen LogP contribution in [0.4, 0.5) is 0 Å². The summed E-state index contributed by atoms with van der Waals surface area (Å²) in [5.74, 6) is -0.234. The molecular weight excluding hydrogens is 340 g/mol. The predicted molar refractivity (Wildman–Crippen MR) is 99.5 cm³/mol. The molecule has 0 amide bonds. The van der Waals surface area contributed by atoms with Gasteiger partial charge in [-0.1, -0.05) is 26.2 Å². The average molecular weight is 379 g/mol. The number of hydrogen-bond donors (Lipinski definition) is 0. The first-order valence-corrected chi connectivity index (χ1v) is 9.85. The van der Waals surface area contributed by atoms with Crippen molar-refractivity contribution >= 4 is 5.97 Å². The van der Waals surface area contributed by atoms with Gasteiger partial charge in [0.05, 0.1) is 72.5 Å². The molecule has 0 aromatic rings. The van der Waals surface area contributed by atoms with Crippen LogP contribution in [-0.4, -0.2) is 78.6 Å². The summed E-state index contributed by atoms with van der Waals surface area (Å²) in [6.45, 7) is 9.93. The topological polar surface area (TPSA) is 72.5 Å². The van der Waals surface area contributed by atoms with E-state index >= 15 is 0 Å². The van der Waals surface area contributed by atoms with E-state index in [0.717, 1.165) is 13.0 Å². The van der Waals surface area contributed by atoms with Crippen LogP contribution in [0, 0.1) is 0 Å². The van der Waals surface area contributed by atoms with Crippen molar-refractivity contribution in [2.45, 2.75) is 46.0 Å². The van der Waals surface area contributed by atoms with Gasteiger partial charge in [-0.15, -0.1) is 0 Å². The van der Waals surface area contributed by atoms with E-state index in [0.29, 0.717) is 66.1 Å². The summed E-state index contributed by atoms with van der Waals surface area (Å²) in [5, 5.41) is 0. The summed E-state index contributed by atoms with van der Waals surface area (Å²) in [7, 11) is 0. The third-order valence-electron chi connectivity index (χ3n) is 3.39. The Labute approximate surface area is 158 Å². The normalized spacial score (nSPS) is 11.0. The molecule has 156 valence electrons. The van der Waals surface area contributed by atoms with E-state index in [9.17, 15) is 4.79 Å². The molecule has 0 spiro atoms. The Balaban J connectivity index is 3.02. The van der Waals surface area contributed by atoms with Gasteiger partial charge in [-0.3, -0.25) is 4.79 Å². The quantitative estimate of drug-likeness (QED) is 0.224. The third kappa shape index (κ3) is 21.3. The number of carbonyl (C=O) groups excluding carboxylic acids is 1. The SMILES string of the molecule is CCCCCCOCCOCCOCCOCCOCCC(=O)OCC. The van der Waals surface area contributed by atoms with Crippen molar-refractivity contribution in [1.29, 1.82) is 0 Å². The minimum absolute atomic E-state index is 0.234. The first-order chi connectivity index (χ1) is 12.8. The monoisotopic (exact) mass is 378 g/mol.